The van der Waals surface area contributed by atoms with Gasteiger partial charge in [-0.15, -0.1) is 0 Å². The van der Waals surface area contributed by atoms with Crippen molar-refractivity contribution in [1.29, 1.82) is 0 Å². The number of nitrogens with zero attached hydrogens (tertiary/aromatic N) is 3. The minimum atomic E-state index is -0.185. The van der Waals surface area contributed by atoms with Gasteiger partial charge >= 0.3 is 0 Å². The zero-order valence-electron chi connectivity index (χ0n) is 18.3. The van der Waals surface area contributed by atoms with Crippen molar-refractivity contribution in [2.75, 3.05) is 13.2 Å². The van der Waals surface area contributed by atoms with Crippen LogP contribution in [0, 0.1) is 6.92 Å². The quantitative estimate of drug-likeness (QED) is 0.682. The highest BCUT2D eigenvalue weighted by Gasteiger charge is 2.38. The normalized spacial score (nSPS) is 19.1. The van der Waals surface area contributed by atoms with Crippen molar-refractivity contribution in [2.45, 2.75) is 58.1 Å². The van der Waals surface area contributed by atoms with Crippen LogP contribution in [0.3, 0.4) is 0 Å². The Kier molecular flexibility index (Phi) is 4.93. The average Bonchev–Trinajstić information content (AvgIpc) is 3.46. The summed E-state index contributed by atoms with van der Waals surface area (Å²) in [5, 5.41) is 7.87. The minimum Gasteiger partial charge on any atom is -0.455 e. The SMILES string of the molecule is Cc1c(C(=O)NC[C@@H]2CCCO2)oc2c1-c1nn(Cc3ccccn3)cc1C(C)(C)C2. The molecule has 0 radical (unpaired) electrons. The topological polar surface area (TPSA) is 82.2 Å². The van der Waals surface area contributed by atoms with Crippen molar-refractivity contribution in [1.82, 2.24) is 20.1 Å². The fraction of sp³-hybridized carbons (Fsp3) is 0.458. The van der Waals surface area contributed by atoms with Gasteiger partial charge in [0, 0.05) is 54.1 Å². The first-order valence-corrected chi connectivity index (χ1v) is 10.9. The van der Waals surface area contributed by atoms with E-state index in [1.165, 1.54) is 5.56 Å². The minimum absolute atomic E-state index is 0.0988. The van der Waals surface area contributed by atoms with Gasteiger partial charge in [-0.05, 0) is 31.9 Å². The van der Waals surface area contributed by atoms with E-state index in [2.05, 4.69) is 30.3 Å². The third-order valence-electron chi connectivity index (χ3n) is 6.32. The molecule has 0 saturated carbocycles. The molecule has 1 amide bonds. The highest BCUT2D eigenvalue weighted by atomic mass is 16.5. The van der Waals surface area contributed by atoms with Crippen molar-refractivity contribution >= 4 is 5.91 Å². The summed E-state index contributed by atoms with van der Waals surface area (Å²) in [6.07, 6.45) is 6.76. The van der Waals surface area contributed by atoms with Crippen molar-refractivity contribution in [3.63, 3.8) is 0 Å². The van der Waals surface area contributed by atoms with Crippen molar-refractivity contribution in [2.24, 2.45) is 0 Å². The molecule has 1 saturated heterocycles. The molecule has 2 aliphatic rings. The van der Waals surface area contributed by atoms with E-state index in [9.17, 15) is 4.79 Å². The summed E-state index contributed by atoms with van der Waals surface area (Å²) in [5.41, 5.74) is 4.70. The van der Waals surface area contributed by atoms with Gasteiger partial charge in [-0.1, -0.05) is 19.9 Å². The van der Waals surface area contributed by atoms with Crippen LogP contribution >= 0.6 is 0 Å². The van der Waals surface area contributed by atoms with Crippen LogP contribution in [0.1, 0.15) is 59.8 Å². The van der Waals surface area contributed by atoms with Crippen molar-refractivity contribution in [3.05, 3.63) is 58.9 Å². The zero-order valence-corrected chi connectivity index (χ0v) is 18.3. The zero-order chi connectivity index (χ0) is 21.6. The van der Waals surface area contributed by atoms with Crippen LogP contribution in [-0.4, -0.2) is 39.9 Å². The van der Waals surface area contributed by atoms with Crippen LogP contribution in [0.4, 0.5) is 0 Å². The lowest BCUT2D eigenvalue weighted by Gasteiger charge is -2.28. The summed E-state index contributed by atoms with van der Waals surface area (Å²) in [6, 6.07) is 5.89. The predicted molar refractivity (Wildman–Crippen MR) is 116 cm³/mol. The second-order valence-corrected chi connectivity index (χ2v) is 9.17. The van der Waals surface area contributed by atoms with Crippen LogP contribution < -0.4 is 5.32 Å². The number of nitrogens with one attached hydrogen (secondary N) is 1. The van der Waals surface area contributed by atoms with E-state index in [0.717, 1.165) is 54.1 Å². The lowest BCUT2D eigenvalue weighted by atomic mass is 9.75. The largest absolute Gasteiger partial charge is 0.455 e. The molecule has 31 heavy (non-hydrogen) atoms. The molecule has 1 fully saturated rings. The summed E-state index contributed by atoms with van der Waals surface area (Å²) in [6.45, 7) is 8.22. The molecular weight excluding hydrogens is 392 g/mol. The third kappa shape index (κ3) is 3.67. The van der Waals surface area contributed by atoms with Gasteiger partial charge in [0.2, 0.25) is 0 Å². The molecule has 1 atom stereocenters. The van der Waals surface area contributed by atoms with Gasteiger partial charge < -0.3 is 14.5 Å². The molecule has 3 aromatic heterocycles. The van der Waals surface area contributed by atoms with Crippen molar-refractivity contribution in [3.8, 4) is 11.3 Å². The average molecular weight is 421 g/mol. The van der Waals surface area contributed by atoms with E-state index in [1.54, 1.807) is 6.20 Å². The molecule has 0 spiro atoms. The number of ether oxygens (including phenoxy) is 1. The Morgan fingerprint density at radius 3 is 2.97 bits per heavy atom. The van der Waals surface area contributed by atoms with E-state index in [-0.39, 0.29) is 17.4 Å². The van der Waals surface area contributed by atoms with Gasteiger partial charge in [0.05, 0.1) is 24.0 Å². The lowest BCUT2D eigenvalue weighted by Crippen LogP contribution is -2.31. The molecule has 5 rings (SSSR count). The number of pyridine rings is 1. The number of fused-ring (bicyclic) bond motifs is 3. The Balaban J connectivity index is 1.45. The fourth-order valence-corrected chi connectivity index (χ4v) is 4.65. The molecule has 162 valence electrons. The fourth-order valence-electron chi connectivity index (χ4n) is 4.65. The smallest absolute Gasteiger partial charge is 0.287 e. The summed E-state index contributed by atoms with van der Waals surface area (Å²) in [4.78, 5) is 17.3. The maximum absolute atomic E-state index is 12.9. The van der Waals surface area contributed by atoms with Crippen LogP contribution in [0.15, 0.2) is 35.0 Å². The number of aromatic nitrogens is 3. The van der Waals surface area contributed by atoms with Gasteiger partial charge in [0.1, 0.15) is 5.76 Å². The summed E-state index contributed by atoms with van der Waals surface area (Å²) in [5.74, 6) is 1.03. The Morgan fingerprint density at radius 2 is 2.23 bits per heavy atom. The molecule has 7 nitrogen and oxygen atoms in total. The Labute approximate surface area is 181 Å². The van der Waals surface area contributed by atoms with E-state index < -0.39 is 0 Å². The first-order valence-electron chi connectivity index (χ1n) is 10.9. The number of rotatable bonds is 5. The summed E-state index contributed by atoms with van der Waals surface area (Å²) < 4.78 is 13.7. The van der Waals surface area contributed by atoms with Gasteiger partial charge in [-0.2, -0.15) is 5.10 Å². The second kappa shape index (κ2) is 7.64. The van der Waals surface area contributed by atoms with Crippen LogP contribution in [-0.2, 0) is 23.1 Å². The van der Waals surface area contributed by atoms with Gasteiger partial charge in [0.25, 0.3) is 5.91 Å². The Morgan fingerprint density at radius 1 is 1.35 bits per heavy atom. The third-order valence-corrected chi connectivity index (χ3v) is 6.32. The molecule has 3 aromatic rings. The van der Waals surface area contributed by atoms with Gasteiger partial charge in [-0.3, -0.25) is 14.5 Å². The van der Waals surface area contributed by atoms with Crippen LogP contribution in [0.5, 0.6) is 0 Å². The highest BCUT2D eigenvalue weighted by molar-refractivity contribution is 5.95. The maximum atomic E-state index is 12.9. The first kappa shape index (κ1) is 20.0. The van der Waals surface area contributed by atoms with Crippen LogP contribution in [0.25, 0.3) is 11.3 Å². The number of hydrogen-bond donors (Lipinski definition) is 1. The maximum Gasteiger partial charge on any atom is 0.287 e. The number of hydrogen-bond acceptors (Lipinski definition) is 5. The second-order valence-electron chi connectivity index (χ2n) is 9.17. The molecule has 4 heterocycles. The van der Waals surface area contributed by atoms with Gasteiger partial charge in [0.15, 0.2) is 5.76 Å². The molecule has 1 aliphatic carbocycles. The highest BCUT2D eigenvalue weighted by Crippen LogP contribution is 2.45. The molecule has 0 unspecified atom stereocenters. The molecular formula is C24H28N4O3. The number of furan rings is 1. The Hall–Kier alpha value is -2.93. The molecule has 0 aromatic carbocycles. The Bertz CT molecular complexity index is 1110. The van der Waals surface area contributed by atoms with E-state index >= 15 is 0 Å². The number of amides is 1. The number of carbonyl (C=O) groups is 1. The molecule has 1 aliphatic heterocycles. The van der Waals surface area contributed by atoms with E-state index in [0.29, 0.717) is 18.8 Å². The molecule has 7 heteroatoms. The standard InChI is InChI=1S/C24H28N4O3/c1-15-20-19(31-22(15)23(29)26-12-17-8-6-10-30-17)11-24(2,3)18-14-28(27-21(18)20)13-16-7-4-5-9-25-16/h4-5,7,9,14,17H,6,8,10-13H2,1-3H3,(H,26,29)/t17-/m0/s1. The van der Waals surface area contributed by atoms with Crippen LogP contribution in [0.2, 0.25) is 0 Å². The van der Waals surface area contributed by atoms with E-state index in [4.69, 9.17) is 14.3 Å². The molecule has 0 bridgehead atoms. The summed E-state index contributed by atoms with van der Waals surface area (Å²) in [7, 11) is 0. The summed E-state index contributed by atoms with van der Waals surface area (Å²) >= 11 is 0. The van der Waals surface area contributed by atoms with Gasteiger partial charge in [-0.25, -0.2) is 0 Å². The first-order chi connectivity index (χ1) is 14.9. The molecule has 1 N–H and O–H groups in total. The van der Waals surface area contributed by atoms with Crippen molar-refractivity contribution < 1.29 is 13.9 Å². The monoisotopic (exact) mass is 420 g/mol. The predicted octanol–water partition coefficient (Wildman–Crippen LogP) is 3.64. The lowest BCUT2D eigenvalue weighted by molar-refractivity contribution is 0.0832. The number of carbonyl (C=O) groups excluding carboxylic acids is 1. The van der Waals surface area contributed by atoms with E-state index in [1.807, 2.05) is 29.8 Å².